The van der Waals surface area contributed by atoms with E-state index in [1.54, 1.807) is 16.8 Å². The summed E-state index contributed by atoms with van der Waals surface area (Å²) in [5.41, 5.74) is 2.93. The average molecular weight is 339 g/mol. The van der Waals surface area contributed by atoms with Gasteiger partial charge in [-0.3, -0.25) is 9.48 Å². The molecule has 0 aliphatic carbocycles. The smallest absolute Gasteiger partial charge is 0.287 e. The van der Waals surface area contributed by atoms with Crippen LogP contribution in [0.4, 0.5) is 0 Å². The number of carbonyl (C=O) groups is 1. The highest BCUT2D eigenvalue weighted by molar-refractivity contribution is 5.91. The van der Waals surface area contributed by atoms with Gasteiger partial charge in [0.1, 0.15) is 18.1 Å². The van der Waals surface area contributed by atoms with Gasteiger partial charge >= 0.3 is 0 Å². The Morgan fingerprint density at radius 1 is 1.24 bits per heavy atom. The van der Waals surface area contributed by atoms with Crippen molar-refractivity contribution in [2.75, 3.05) is 0 Å². The molecule has 2 aromatic heterocycles. The molecule has 0 unspecified atom stereocenters. The van der Waals surface area contributed by atoms with Gasteiger partial charge in [-0.1, -0.05) is 18.2 Å². The van der Waals surface area contributed by atoms with Crippen LogP contribution in [0.5, 0.6) is 5.75 Å². The second-order valence-electron chi connectivity index (χ2n) is 5.92. The SMILES string of the molecule is Cc1ccccc1OCc1ccc(C(=O)NCc2cn(C)nc2C)o1. The van der Waals surface area contributed by atoms with E-state index in [-0.39, 0.29) is 18.3 Å². The third-order valence-corrected chi connectivity index (χ3v) is 3.90. The summed E-state index contributed by atoms with van der Waals surface area (Å²) >= 11 is 0. The maximum absolute atomic E-state index is 12.2. The van der Waals surface area contributed by atoms with Gasteiger partial charge < -0.3 is 14.5 Å². The van der Waals surface area contributed by atoms with Crippen molar-refractivity contribution in [1.29, 1.82) is 0 Å². The number of ether oxygens (including phenoxy) is 1. The Morgan fingerprint density at radius 3 is 2.76 bits per heavy atom. The predicted octanol–water partition coefficient (Wildman–Crippen LogP) is 3.14. The number of benzene rings is 1. The molecular formula is C19H21N3O3. The van der Waals surface area contributed by atoms with Crippen LogP contribution in [0.2, 0.25) is 0 Å². The summed E-state index contributed by atoms with van der Waals surface area (Å²) in [7, 11) is 1.85. The van der Waals surface area contributed by atoms with Crippen LogP contribution in [-0.4, -0.2) is 15.7 Å². The van der Waals surface area contributed by atoms with Crippen LogP contribution in [0.3, 0.4) is 0 Å². The molecule has 0 atom stereocenters. The van der Waals surface area contributed by atoms with E-state index in [9.17, 15) is 4.79 Å². The second-order valence-corrected chi connectivity index (χ2v) is 5.92. The summed E-state index contributed by atoms with van der Waals surface area (Å²) in [6.07, 6.45) is 1.89. The number of nitrogens with one attached hydrogen (secondary N) is 1. The molecule has 130 valence electrons. The standard InChI is InChI=1S/C19H21N3O3/c1-13-6-4-5-7-17(13)24-12-16-8-9-18(25-16)19(23)20-10-15-11-22(3)21-14(15)2/h4-9,11H,10,12H2,1-3H3,(H,20,23). The number of nitrogens with zero attached hydrogens (tertiary/aromatic N) is 2. The number of amides is 1. The van der Waals surface area contributed by atoms with Crippen LogP contribution >= 0.6 is 0 Å². The maximum atomic E-state index is 12.2. The largest absolute Gasteiger partial charge is 0.485 e. The molecule has 0 spiro atoms. The Morgan fingerprint density at radius 2 is 2.04 bits per heavy atom. The topological polar surface area (TPSA) is 69.3 Å². The molecule has 0 aliphatic heterocycles. The lowest BCUT2D eigenvalue weighted by molar-refractivity contribution is 0.0919. The van der Waals surface area contributed by atoms with Crippen molar-refractivity contribution >= 4 is 5.91 Å². The van der Waals surface area contributed by atoms with Crippen molar-refractivity contribution < 1.29 is 13.9 Å². The minimum atomic E-state index is -0.259. The summed E-state index contributed by atoms with van der Waals surface area (Å²) < 4.78 is 13.0. The van der Waals surface area contributed by atoms with Crippen molar-refractivity contribution in [3.63, 3.8) is 0 Å². The number of rotatable bonds is 6. The lowest BCUT2D eigenvalue weighted by atomic mass is 10.2. The van der Waals surface area contributed by atoms with E-state index < -0.39 is 0 Å². The first-order valence-electron chi connectivity index (χ1n) is 8.07. The third-order valence-electron chi connectivity index (χ3n) is 3.90. The van der Waals surface area contributed by atoms with Gasteiger partial charge in [-0.05, 0) is 37.6 Å². The highest BCUT2D eigenvalue weighted by Gasteiger charge is 2.13. The monoisotopic (exact) mass is 339 g/mol. The van der Waals surface area contributed by atoms with Crippen LogP contribution in [0.25, 0.3) is 0 Å². The van der Waals surface area contributed by atoms with Crippen LogP contribution in [0, 0.1) is 13.8 Å². The number of para-hydroxylation sites is 1. The zero-order valence-electron chi connectivity index (χ0n) is 14.6. The number of hydrogen-bond donors (Lipinski definition) is 1. The van der Waals surface area contributed by atoms with Crippen molar-refractivity contribution in [2.24, 2.45) is 7.05 Å². The highest BCUT2D eigenvalue weighted by atomic mass is 16.5. The molecule has 0 saturated heterocycles. The average Bonchev–Trinajstić information content (AvgIpc) is 3.18. The van der Waals surface area contributed by atoms with Gasteiger partial charge in [0, 0.05) is 25.4 Å². The van der Waals surface area contributed by atoms with Crippen LogP contribution in [0.15, 0.2) is 47.0 Å². The van der Waals surface area contributed by atoms with Gasteiger partial charge in [0.15, 0.2) is 5.76 Å². The first kappa shape index (κ1) is 16.8. The number of hydrogen-bond acceptors (Lipinski definition) is 4. The summed E-state index contributed by atoms with van der Waals surface area (Å²) in [6, 6.07) is 11.2. The molecule has 1 N–H and O–H groups in total. The molecule has 0 bridgehead atoms. The van der Waals surface area contributed by atoms with E-state index in [4.69, 9.17) is 9.15 Å². The quantitative estimate of drug-likeness (QED) is 0.749. The lowest BCUT2D eigenvalue weighted by Gasteiger charge is -2.06. The molecule has 1 aromatic carbocycles. The van der Waals surface area contributed by atoms with Gasteiger partial charge in [0.05, 0.1) is 5.69 Å². The van der Waals surface area contributed by atoms with E-state index in [0.717, 1.165) is 22.6 Å². The van der Waals surface area contributed by atoms with Crippen LogP contribution in [0.1, 0.15) is 33.1 Å². The molecule has 25 heavy (non-hydrogen) atoms. The normalized spacial score (nSPS) is 10.7. The molecule has 2 heterocycles. The number of aromatic nitrogens is 2. The maximum Gasteiger partial charge on any atom is 0.287 e. The van der Waals surface area contributed by atoms with Crippen molar-refractivity contribution in [3.05, 3.63) is 70.9 Å². The number of furan rings is 1. The van der Waals surface area contributed by atoms with E-state index in [2.05, 4.69) is 10.4 Å². The Kier molecular flexibility index (Phi) is 4.88. The fourth-order valence-corrected chi connectivity index (χ4v) is 2.53. The Bertz CT molecular complexity index is 880. The Hall–Kier alpha value is -3.02. The Labute approximate surface area is 146 Å². The van der Waals surface area contributed by atoms with E-state index in [0.29, 0.717) is 12.3 Å². The van der Waals surface area contributed by atoms with Gasteiger partial charge in [-0.2, -0.15) is 5.10 Å². The fraction of sp³-hybridized carbons (Fsp3) is 0.263. The highest BCUT2D eigenvalue weighted by Crippen LogP contribution is 2.18. The summed E-state index contributed by atoms with van der Waals surface area (Å²) in [5, 5.41) is 7.09. The third kappa shape index (κ3) is 4.09. The molecule has 6 nitrogen and oxygen atoms in total. The van der Waals surface area contributed by atoms with Gasteiger partial charge in [-0.15, -0.1) is 0 Å². The van der Waals surface area contributed by atoms with Gasteiger partial charge in [0.2, 0.25) is 0 Å². The summed E-state index contributed by atoms with van der Waals surface area (Å²) in [6.45, 7) is 4.58. The zero-order chi connectivity index (χ0) is 17.8. The molecule has 3 rings (SSSR count). The fourth-order valence-electron chi connectivity index (χ4n) is 2.53. The second kappa shape index (κ2) is 7.25. The lowest BCUT2D eigenvalue weighted by Crippen LogP contribution is -2.22. The van der Waals surface area contributed by atoms with Crippen molar-refractivity contribution in [2.45, 2.75) is 27.0 Å². The van der Waals surface area contributed by atoms with Crippen LogP contribution < -0.4 is 10.1 Å². The van der Waals surface area contributed by atoms with Gasteiger partial charge in [0.25, 0.3) is 5.91 Å². The minimum Gasteiger partial charge on any atom is -0.485 e. The molecule has 3 aromatic rings. The first-order valence-corrected chi connectivity index (χ1v) is 8.07. The zero-order valence-corrected chi connectivity index (χ0v) is 14.6. The predicted molar refractivity (Wildman–Crippen MR) is 93.3 cm³/mol. The summed E-state index contributed by atoms with van der Waals surface area (Å²) in [5.74, 6) is 1.42. The molecule has 0 radical (unpaired) electrons. The van der Waals surface area contributed by atoms with E-state index >= 15 is 0 Å². The summed E-state index contributed by atoms with van der Waals surface area (Å²) in [4.78, 5) is 12.2. The first-order chi connectivity index (χ1) is 12.0. The van der Waals surface area contributed by atoms with Crippen molar-refractivity contribution in [1.82, 2.24) is 15.1 Å². The van der Waals surface area contributed by atoms with Crippen LogP contribution in [-0.2, 0) is 20.2 Å². The number of carbonyl (C=O) groups excluding carboxylic acids is 1. The number of aryl methyl sites for hydroxylation is 3. The molecule has 0 fully saturated rings. The van der Waals surface area contributed by atoms with Gasteiger partial charge in [-0.25, -0.2) is 0 Å². The molecular weight excluding hydrogens is 318 g/mol. The molecule has 6 heteroatoms. The Balaban J connectivity index is 1.56. The van der Waals surface area contributed by atoms with E-state index in [1.165, 1.54) is 0 Å². The minimum absolute atomic E-state index is 0.259. The van der Waals surface area contributed by atoms with Crippen molar-refractivity contribution in [3.8, 4) is 5.75 Å². The molecule has 0 aliphatic rings. The molecule has 1 amide bonds. The van der Waals surface area contributed by atoms with E-state index in [1.807, 2.05) is 51.4 Å². The molecule has 0 saturated carbocycles.